The predicted octanol–water partition coefficient (Wildman–Crippen LogP) is 16.2. The van der Waals surface area contributed by atoms with Crippen molar-refractivity contribution in [3.63, 3.8) is 0 Å². The zero-order chi connectivity index (χ0) is 44.6. The van der Waals surface area contributed by atoms with Gasteiger partial charge in [0, 0.05) is 21.9 Å². The van der Waals surface area contributed by atoms with Crippen LogP contribution < -0.4 is 12.5 Å². The molecule has 0 unspecified atom stereocenters. The lowest BCUT2D eigenvalue weighted by molar-refractivity contribution is 0.475. The standard InChI is InChI=1S/C58H36Br2O4S2/c59-43-19-27-51-52-28-20-44(60)34-56(52)57(55(51)33-43,39-15-21-45(61)22-16-39)40-17-25-46(26-18-40)63-66-64-48-24-12-36-30-42(14-10-38(36)32-48)58(41-13-9-37-31-47(62-65)23-11-35(37)29-41)53-7-3-1-5-49(53)50-6-2-4-8-54(50)58/h1-34,61,65H. The Bertz CT molecular complexity index is 3460. The van der Waals surface area contributed by atoms with Crippen molar-refractivity contribution in [1.82, 2.24) is 0 Å². The van der Waals surface area contributed by atoms with Gasteiger partial charge in [-0.3, -0.25) is 0 Å². The van der Waals surface area contributed by atoms with Crippen LogP contribution in [0.2, 0.25) is 0 Å². The maximum Gasteiger partial charge on any atom is 0.293 e. The fraction of sp³-hybridized carbons (Fsp3) is 0.0345. The summed E-state index contributed by atoms with van der Waals surface area (Å²) in [4.78, 5) is 0. The largest absolute Gasteiger partial charge is 0.508 e. The van der Waals surface area contributed by atoms with Gasteiger partial charge in [-0.05, 0) is 173 Å². The fourth-order valence-corrected chi connectivity index (χ4v) is 11.9. The third-order valence-electron chi connectivity index (χ3n) is 13.5. The summed E-state index contributed by atoms with van der Waals surface area (Å²) in [7, 11) is 0. The van der Waals surface area contributed by atoms with Gasteiger partial charge in [0.1, 0.15) is 23.0 Å². The van der Waals surface area contributed by atoms with E-state index in [1.807, 2.05) is 42.5 Å². The van der Waals surface area contributed by atoms with Gasteiger partial charge in [0.2, 0.25) is 0 Å². The molecule has 0 bridgehead atoms. The molecule has 0 saturated heterocycles. The molecule has 0 saturated carbocycles. The number of thiol groups is 1. The van der Waals surface area contributed by atoms with Crippen molar-refractivity contribution < 1.29 is 17.7 Å². The molecule has 2 aliphatic rings. The third kappa shape index (κ3) is 6.41. The maximum absolute atomic E-state index is 10.3. The maximum atomic E-state index is 10.3. The van der Waals surface area contributed by atoms with E-state index in [1.165, 1.54) is 44.5 Å². The van der Waals surface area contributed by atoms with Gasteiger partial charge in [-0.2, -0.15) is 0 Å². The van der Waals surface area contributed by atoms with Gasteiger partial charge >= 0.3 is 0 Å². The first kappa shape index (κ1) is 41.0. The number of hydrogen-bond donors (Lipinski definition) is 2. The average Bonchev–Trinajstić information content (AvgIpc) is 3.81. The molecular formula is C58H36Br2O4S2. The molecule has 10 aromatic carbocycles. The Morgan fingerprint density at radius 2 is 0.788 bits per heavy atom. The van der Waals surface area contributed by atoms with Gasteiger partial charge in [-0.15, -0.1) is 0 Å². The van der Waals surface area contributed by atoms with Gasteiger partial charge < -0.3 is 17.7 Å². The van der Waals surface area contributed by atoms with Gasteiger partial charge in [0.05, 0.1) is 10.8 Å². The van der Waals surface area contributed by atoms with E-state index in [0.29, 0.717) is 17.2 Å². The van der Waals surface area contributed by atoms with Gasteiger partial charge in [-0.1, -0.05) is 153 Å². The Kier molecular flexibility index (Phi) is 10.1. The number of halogens is 2. The van der Waals surface area contributed by atoms with E-state index in [0.717, 1.165) is 65.1 Å². The first-order valence-corrected chi connectivity index (χ1v) is 24.1. The van der Waals surface area contributed by atoms with Crippen LogP contribution in [0, 0.1) is 0 Å². The zero-order valence-electron chi connectivity index (χ0n) is 34.9. The van der Waals surface area contributed by atoms with Crippen molar-refractivity contribution in [2.75, 3.05) is 0 Å². The Balaban J connectivity index is 0.852. The minimum Gasteiger partial charge on any atom is -0.508 e. The smallest absolute Gasteiger partial charge is 0.293 e. The number of aromatic hydroxyl groups is 1. The summed E-state index contributed by atoms with van der Waals surface area (Å²) in [5.41, 5.74) is 13.0. The van der Waals surface area contributed by atoms with E-state index in [9.17, 15) is 5.11 Å². The highest BCUT2D eigenvalue weighted by atomic mass is 79.9. The summed E-state index contributed by atoms with van der Waals surface area (Å²) >= 11 is 12.5. The lowest BCUT2D eigenvalue weighted by atomic mass is 9.67. The van der Waals surface area contributed by atoms with E-state index in [1.54, 1.807) is 12.1 Å². The SMILES string of the molecule is Oc1ccc(C2(c3ccc(OSOc4ccc5cc(C6(c7ccc8cc(OS)ccc8c7)c7ccccc7-c7ccccc76)ccc5c4)cc3)c3cc(Br)ccc3-c3ccc(Br)cc32)cc1. The van der Waals surface area contributed by atoms with Crippen molar-refractivity contribution in [3.05, 3.63) is 260 Å². The molecule has 0 fully saturated rings. The molecule has 0 atom stereocenters. The van der Waals surface area contributed by atoms with Crippen molar-refractivity contribution >= 4 is 78.6 Å². The second-order valence-electron chi connectivity index (χ2n) is 16.8. The van der Waals surface area contributed by atoms with Crippen molar-refractivity contribution in [2.45, 2.75) is 10.8 Å². The first-order chi connectivity index (χ1) is 32.3. The summed E-state index contributed by atoms with van der Waals surface area (Å²) in [6, 6.07) is 72.1. The number of benzene rings is 10. The molecule has 0 aliphatic heterocycles. The minimum atomic E-state index is -0.648. The normalized spacial score (nSPS) is 13.7. The van der Waals surface area contributed by atoms with Crippen LogP contribution in [-0.4, -0.2) is 5.11 Å². The van der Waals surface area contributed by atoms with Crippen molar-refractivity contribution in [2.24, 2.45) is 0 Å². The minimum absolute atomic E-state index is 0.222. The Hall–Kier alpha value is -6.42. The van der Waals surface area contributed by atoms with Crippen LogP contribution in [0.15, 0.2) is 215 Å². The summed E-state index contributed by atoms with van der Waals surface area (Å²) in [5, 5.41) is 14.7. The van der Waals surface area contributed by atoms with Crippen molar-refractivity contribution in [3.8, 4) is 45.3 Å². The molecule has 0 radical (unpaired) electrons. The molecular weight excluding hydrogens is 985 g/mol. The molecule has 1 N–H and O–H groups in total. The van der Waals surface area contributed by atoms with Crippen LogP contribution in [0.4, 0.5) is 0 Å². The summed E-state index contributed by atoms with van der Waals surface area (Å²) < 4.78 is 19.6. The van der Waals surface area contributed by atoms with Gasteiger partial charge in [-0.25, -0.2) is 0 Å². The molecule has 66 heavy (non-hydrogen) atoms. The Morgan fingerprint density at radius 1 is 0.379 bits per heavy atom. The summed E-state index contributed by atoms with van der Waals surface area (Å²) in [6.45, 7) is 0. The second-order valence-corrected chi connectivity index (χ2v) is 19.3. The van der Waals surface area contributed by atoms with Gasteiger partial charge in [0.15, 0.2) is 0 Å². The molecule has 0 aromatic heterocycles. The summed E-state index contributed by atoms with van der Waals surface area (Å²) in [6.07, 6.45) is 0. The Labute approximate surface area is 409 Å². The number of fused-ring (bicyclic) bond motifs is 8. The molecule has 2 aliphatic carbocycles. The highest BCUT2D eigenvalue weighted by molar-refractivity contribution is 9.10. The van der Waals surface area contributed by atoms with Crippen LogP contribution in [0.3, 0.4) is 0 Å². The molecule has 8 heteroatoms. The van der Waals surface area contributed by atoms with E-state index >= 15 is 0 Å². The number of rotatable bonds is 9. The third-order valence-corrected chi connectivity index (χ3v) is 15.2. The van der Waals surface area contributed by atoms with E-state index in [-0.39, 0.29) is 5.75 Å². The second kappa shape index (κ2) is 16.2. The molecule has 0 spiro atoms. The average molecular weight is 1020 g/mol. The topological polar surface area (TPSA) is 47.9 Å². The van der Waals surface area contributed by atoms with Crippen LogP contribution in [0.5, 0.6) is 23.0 Å². The number of phenols is 1. The molecule has 12 rings (SSSR count). The zero-order valence-corrected chi connectivity index (χ0v) is 39.8. The highest BCUT2D eigenvalue weighted by Crippen LogP contribution is 2.59. The monoisotopic (exact) mass is 1020 g/mol. The predicted molar refractivity (Wildman–Crippen MR) is 278 cm³/mol. The van der Waals surface area contributed by atoms with Gasteiger partial charge in [0.25, 0.3) is 12.3 Å². The number of hydrogen-bond acceptors (Lipinski definition) is 6. The first-order valence-electron chi connectivity index (χ1n) is 21.5. The van der Waals surface area contributed by atoms with Crippen LogP contribution in [-0.2, 0) is 10.8 Å². The fourth-order valence-electron chi connectivity index (χ4n) is 10.7. The van der Waals surface area contributed by atoms with E-state index in [2.05, 4.69) is 196 Å². The quantitative estimate of drug-likeness (QED) is 0.111. The molecule has 318 valence electrons. The summed E-state index contributed by atoms with van der Waals surface area (Å²) in [5.74, 6) is 2.27. The van der Waals surface area contributed by atoms with Crippen LogP contribution in [0.1, 0.15) is 44.5 Å². The lowest BCUT2D eigenvalue weighted by Crippen LogP contribution is -2.28. The molecule has 0 heterocycles. The molecule has 10 aromatic rings. The highest BCUT2D eigenvalue weighted by Gasteiger charge is 2.47. The van der Waals surface area contributed by atoms with E-state index < -0.39 is 10.8 Å². The molecule has 0 amide bonds. The number of phenolic OH excluding ortho intramolecular Hbond substituents is 1. The van der Waals surface area contributed by atoms with Crippen LogP contribution >= 0.6 is 57.1 Å². The molecule has 4 nitrogen and oxygen atoms in total. The van der Waals surface area contributed by atoms with Crippen molar-refractivity contribution in [1.29, 1.82) is 0 Å². The lowest BCUT2D eigenvalue weighted by Gasteiger charge is -2.34. The van der Waals surface area contributed by atoms with Crippen LogP contribution in [0.25, 0.3) is 43.8 Å². The van der Waals surface area contributed by atoms with E-state index in [4.69, 9.17) is 12.5 Å². The Morgan fingerprint density at radius 3 is 1.35 bits per heavy atom.